The summed E-state index contributed by atoms with van der Waals surface area (Å²) in [4.78, 5) is 34.1. The van der Waals surface area contributed by atoms with Crippen LogP contribution in [0.4, 0.5) is 4.79 Å². The molecule has 0 aliphatic rings. The van der Waals surface area contributed by atoms with Crippen LogP contribution in [-0.2, 0) is 22.5 Å². The highest BCUT2D eigenvalue weighted by Gasteiger charge is 2.27. The van der Waals surface area contributed by atoms with E-state index in [0.29, 0.717) is 16.3 Å². The van der Waals surface area contributed by atoms with Gasteiger partial charge in [0.25, 0.3) is 0 Å². The van der Waals surface area contributed by atoms with E-state index in [2.05, 4.69) is 15.3 Å². The number of hydrogen-bond acceptors (Lipinski definition) is 6. The zero-order valence-electron chi connectivity index (χ0n) is 20.1. The summed E-state index contributed by atoms with van der Waals surface area (Å²) in [6.07, 6.45) is 1.82. The van der Waals surface area contributed by atoms with Crippen LogP contribution in [0.25, 0.3) is 21.3 Å². The molecule has 7 nitrogen and oxygen atoms in total. The topological polar surface area (TPSA) is 93.3 Å². The molecule has 2 aromatic heterocycles. The van der Waals surface area contributed by atoms with E-state index in [0.717, 1.165) is 27.6 Å². The van der Waals surface area contributed by atoms with Crippen LogP contribution >= 0.6 is 11.3 Å². The van der Waals surface area contributed by atoms with Crippen molar-refractivity contribution in [3.63, 3.8) is 0 Å². The van der Waals surface area contributed by atoms with Gasteiger partial charge < -0.3 is 19.8 Å². The molecule has 0 saturated heterocycles. The smallest absolute Gasteiger partial charge is 0.408 e. The van der Waals surface area contributed by atoms with Gasteiger partial charge in [0.2, 0.25) is 0 Å². The fourth-order valence-corrected chi connectivity index (χ4v) is 5.24. The van der Waals surface area contributed by atoms with Crippen LogP contribution < -0.4 is 5.32 Å². The molecule has 5 aromatic rings. The number of alkyl carbamates (subject to hydrolysis) is 1. The van der Waals surface area contributed by atoms with Crippen LogP contribution in [0, 0.1) is 0 Å². The van der Waals surface area contributed by atoms with E-state index in [1.165, 1.54) is 18.4 Å². The number of fused-ring (bicyclic) bond motifs is 1. The van der Waals surface area contributed by atoms with Crippen molar-refractivity contribution in [2.24, 2.45) is 0 Å². The Kier molecular flexibility index (Phi) is 7.28. The second kappa shape index (κ2) is 11.1. The van der Waals surface area contributed by atoms with Crippen molar-refractivity contribution in [1.29, 1.82) is 0 Å². The number of nitrogens with one attached hydrogen (secondary N) is 2. The lowest BCUT2D eigenvalue weighted by Crippen LogP contribution is -2.30. The number of amides is 1. The Balaban J connectivity index is 1.48. The second-order valence-electron chi connectivity index (χ2n) is 8.41. The van der Waals surface area contributed by atoms with Crippen LogP contribution in [0.3, 0.4) is 0 Å². The molecule has 3 aromatic carbocycles. The van der Waals surface area contributed by atoms with Gasteiger partial charge in [-0.3, -0.25) is 0 Å². The summed E-state index contributed by atoms with van der Waals surface area (Å²) >= 11 is 1.36. The van der Waals surface area contributed by atoms with Crippen LogP contribution in [0.2, 0.25) is 0 Å². The largest absolute Gasteiger partial charge is 0.464 e. The summed E-state index contributed by atoms with van der Waals surface area (Å²) in [5.74, 6) is -0.529. The molecule has 1 atom stereocenters. The summed E-state index contributed by atoms with van der Waals surface area (Å²) in [7, 11) is 1.33. The van der Waals surface area contributed by atoms with Crippen molar-refractivity contribution >= 4 is 34.3 Å². The van der Waals surface area contributed by atoms with E-state index in [9.17, 15) is 9.59 Å². The number of esters is 1. The molecule has 0 aliphatic carbocycles. The third-order valence-corrected chi connectivity index (χ3v) is 7.18. The Morgan fingerprint density at radius 2 is 1.68 bits per heavy atom. The molecule has 2 heterocycles. The van der Waals surface area contributed by atoms with E-state index in [4.69, 9.17) is 9.47 Å². The highest BCUT2D eigenvalue weighted by atomic mass is 32.1. The number of methoxy groups -OCH3 is 1. The number of aromatic amines is 1. The number of rotatable bonds is 8. The highest BCUT2D eigenvalue weighted by Crippen LogP contribution is 2.35. The first kappa shape index (κ1) is 24.3. The molecule has 0 bridgehead atoms. The average molecular weight is 512 g/mol. The van der Waals surface area contributed by atoms with Crippen molar-refractivity contribution in [3.8, 4) is 10.4 Å². The minimum absolute atomic E-state index is 0.146. The van der Waals surface area contributed by atoms with E-state index in [1.54, 1.807) is 0 Å². The molecule has 0 unspecified atom stereocenters. The van der Waals surface area contributed by atoms with Crippen molar-refractivity contribution in [3.05, 3.63) is 113 Å². The molecule has 37 heavy (non-hydrogen) atoms. The summed E-state index contributed by atoms with van der Waals surface area (Å²) in [6, 6.07) is 26.5. The van der Waals surface area contributed by atoms with Crippen molar-refractivity contribution < 1.29 is 19.1 Å². The lowest BCUT2D eigenvalue weighted by molar-refractivity contribution is 0.0595. The van der Waals surface area contributed by atoms with E-state index in [-0.39, 0.29) is 12.3 Å². The molecule has 8 heteroatoms. The Hall–Kier alpha value is -4.43. The van der Waals surface area contributed by atoms with E-state index < -0.39 is 18.1 Å². The maximum atomic E-state index is 12.9. The molecule has 186 valence electrons. The minimum Gasteiger partial charge on any atom is -0.464 e. The molecule has 1 amide bonds. The van der Waals surface area contributed by atoms with Crippen LogP contribution in [-0.4, -0.2) is 29.1 Å². The Morgan fingerprint density at radius 3 is 2.43 bits per heavy atom. The Labute approximate surface area is 218 Å². The third-order valence-electron chi connectivity index (χ3n) is 5.96. The number of thiazole rings is 1. The SMILES string of the molecule is COC(=O)c1nc([C@H](Cc2c[nH]c3ccccc23)NC(=O)OCc2ccccc2)sc1-c1ccccc1. The van der Waals surface area contributed by atoms with Crippen molar-refractivity contribution in [2.45, 2.75) is 19.1 Å². The Bertz CT molecular complexity index is 1510. The summed E-state index contributed by atoms with van der Waals surface area (Å²) in [5.41, 5.74) is 3.97. The first-order valence-electron chi connectivity index (χ1n) is 11.8. The monoisotopic (exact) mass is 511 g/mol. The zero-order chi connectivity index (χ0) is 25.6. The summed E-state index contributed by atoms with van der Waals surface area (Å²) in [6.45, 7) is 0.146. The second-order valence-corrected chi connectivity index (χ2v) is 9.44. The van der Waals surface area contributed by atoms with Gasteiger partial charge in [-0.25, -0.2) is 14.6 Å². The Morgan fingerprint density at radius 1 is 0.973 bits per heavy atom. The minimum atomic E-state index is -0.565. The molecule has 2 N–H and O–H groups in total. The molecule has 0 saturated carbocycles. The van der Waals surface area contributed by atoms with E-state index >= 15 is 0 Å². The van der Waals surface area contributed by atoms with Crippen LogP contribution in [0.15, 0.2) is 91.1 Å². The molecule has 5 rings (SSSR count). The first-order valence-corrected chi connectivity index (χ1v) is 12.6. The van der Waals surface area contributed by atoms with Crippen molar-refractivity contribution in [1.82, 2.24) is 15.3 Å². The summed E-state index contributed by atoms with van der Waals surface area (Å²) in [5, 5.41) is 4.62. The predicted octanol–water partition coefficient (Wildman–Crippen LogP) is 6.29. The number of ether oxygens (including phenoxy) is 2. The normalized spacial score (nSPS) is 11.7. The molecule has 0 fully saturated rings. The van der Waals surface area contributed by atoms with Crippen LogP contribution in [0.1, 0.15) is 32.7 Å². The standard InChI is InChI=1S/C29H25N3O4S/c1-35-28(33)25-26(20-12-6-3-7-13-20)37-27(32-25)24(16-21-17-30-23-15-9-8-14-22(21)23)31-29(34)36-18-19-10-4-2-5-11-19/h2-15,17,24,30H,16,18H2,1H3,(H,31,34)/t24-/m0/s1. The fourth-order valence-electron chi connectivity index (χ4n) is 4.13. The van der Waals surface area contributed by atoms with Gasteiger partial charge in [-0.15, -0.1) is 11.3 Å². The lowest BCUT2D eigenvalue weighted by Gasteiger charge is -2.16. The van der Waals surface area contributed by atoms with Gasteiger partial charge >= 0.3 is 12.1 Å². The number of nitrogens with zero attached hydrogens (tertiary/aromatic N) is 1. The maximum absolute atomic E-state index is 12.9. The maximum Gasteiger partial charge on any atom is 0.408 e. The molecular weight excluding hydrogens is 486 g/mol. The third kappa shape index (κ3) is 5.54. The van der Waals surface area contributed by atoms with Gasteiger partial charge in [-0.1, -0.05) is 78.9 Å². The molecule has 0 radical (unpaired) electrons. The summed E-state index contributed by atoms with van der Waals surface area (Å²) < 4.78 is 10.5. The number of carbonyl (C=O) groups excluding carboxylic acids is 2. The predicted molar refractivity (Wildman–Crippen MR) is 143 cm³/mol. The zero-order valence-corrected chi connectivity index (χ0v) is 21.0. The number of carbonyl (C=O) groups is 2. The average Bonchev–Trinajstić information content (AvgIpc) is 3.57. The van der Waals surface area contributed by atoms with Gasteiger partial charge in [-0.2, -0.15) is 0 Å². The molecular formula is C29H25N3O4S. The van der Waals surface area contributed by atoms with Gasteiger partial charge in [0.05, 0.1) is 18.0 Å². The van der Waals surface area contributed by atoms with Gasteiger partial charge in [-0.05, 0) is 22.8 Å². The van der Waals surface area contributed by atoms with E-state index in [1.807, 2.05) is 91.1 Å². The lowest BCUT2D eigenvalue weighted by atomic mass is 10.1. The molecule has 0 aliphatic heterocycles. The number of H-pyrrole nitrogens is 1. The van der Waals surface area contributed by atoms with Gasteiger partial charge in [0, 0.05) is 23.5 Å². The first-order chi connectivity index (χ1) is 18.1. The van der Waals surface area contributed by atoms with Crippen LogP contribution in [0.5, 0.6) is 0 Å². The molecule has 0 spiro atoms. The number of benzene rings is 3. The van der Waals surface area contributed by atoms with Gasteiger partial charge in [0.1, 0.15) is 11.6 Å². The fraction of sp³-hybridized carbons (Fsp3) is 0.138. The number of aromatic nitrogens is 2. The number of para-hydroxylation sites is 1. The quantitative estimate of drug-likeness (QED) is 0.239. The number of hydrogen-bond donors (Lipinski definition) is 2. The highest BCUT2D eigenvalue weighted by molar-refractivity contribution is 7.15. The van der Waals surface area contributed by atoms with Crippen molar-refractivity contribution in [2.75, 3.05) is 7.11 Å². The van der Waals surface area contributed by atoms with Gasteiger partial charge in [0.15, 0.2) is 5.69 Å².